The van der Waals surface area contributed by atoms with Gasteiger partial charge in [-0.25, -0.2) is 4.68 Å². The molecule has 0 aliphatic rings. The molecule has 0 saturated carbocycles. The Morgan fingerprint density at radius 3 is 2.38 bits per heavy atom. The maximum atomic E-state index is 11.4. The third-order valence-electron chi connectivity index (χ3n) is 3.44. The normalized spacial score (nSPS) is 10.9. The molecule has 0 amide bonds. The number of hydrogen-bond donors (Lipinski definition) is 0. The molecule has 0 spiro atoms. The summed E-state index contributed by atoms with van der Waals surface area (Å²) in [6, 6.07) is 9.89. The Bertz CT molecular complexity index is 604. The van der Waals surface area contributed by atoms with Crippen LogP contribution in [0.5, 0.6) is 0 Å². The molecule has 0 N–H and O–H groups in total. The Kier molecular flexibility index (Phi) is 4.75. The van der Waals surface area contributed by atoms with E-state index in [0.717, 1.165) is 36.6 Å². The molecule has 1 aromatic heterocycles. The van der Waals surface area contributed by atoms with Gasteiger partial charge in [-0.1, -0.05) is 18.2 Å². The second kappa shape index (κ2) is 6.54. The molecule has 5 nitrogen and oxygen atoms in total. The quantitative estimate of drug-likeness (QED) is 0.762. The molecule has 0 radical (unpaired) electrons. The molecular weight excluding hydrogens is 264 g/mol. The molecule has 1 aromatic carbocycles. The van der Waals surface area contributed by atoms with E-state index in [0.29, 0.717) is 5.56 Å². The third-order valence-corrected chi connectivity index (χ3v) is 3.44. The van der Waals surface area contributed by atoms with Crippen molar-refractivity contribution in [1.29, 1.82) is 0 Å². The molecule has 0 fully saturated rings. The number of aldehydes is 1. The summed E-state index contributed by atoms with van der Waals surface area (Å²) in [5.74, 6) is 0.843. The van der Waals surface area contributed by atoms with E-state index in [1.807, 2.05) is 63.1 Å². The van der Waals surface area contributed by atoms with E-state index in [4.69, 9.17) is 0 Å². The molecule has 2 rings (SSSR count). The largest absolute Gasteiger partial charge is 0.358 e. The van der Waals surface area contributed by atoms with Gasteiger partial charge in [-0.2, -0.15) is 5.10 Å². The smallest absolute Gasteiger partial charge is 0.155 e. The highest BCUT2D eigenvalue weighted by atomic mass is 16.1. The summed E-state index contributed by atoms with van der Waals surface area (Å²) in [4.78, 5) is 15.6. The van der Waals surface area contributed by atoms with Crippen LogP contribution in [0.15, 0.2) is 30.3 Å². The minimum absolute atomic E-state index is 0.653. The topological polar surface area (TPSA) is 41.4 Å². The number of carbonyl (C=O) groups is 1. The number of hydrogen-bond acceptors (Lipinski definition) is 4. The van der Waals surface area contributed by atoms with Crippen LogP contribution in [-0.4, -0.2) is 55.2 Å². The van der Waals surface area contributed by atoms with Crippen LogP contribution in [0.4, 0.5) is 5.82 Å². The van der Waals surface area contributed by atoms with E-state index in [9.17, 15) is 4.79 Å². The molecule has 0 aliphatic carbocycles. The predicted molar refractivity (Wildman–Crippen MR) is 85.5 cm³/mol. The van der Waals surface area contributed by atoms with E-state index in [1.165, 1.54) is 0 Å². The third kappa shape index (κ3) is 3.31. The molecule has 0 atom stereocenters. The SMILES string of the molecule is Cc1nn(-c2ccccc2)c(N(C)CCN(C)C)c1C=O. The van der Waals surface area contributed by atoms with Gasteiger partial charge in [0.1, 0.15) is 5.82 Å². The first-order chi connectivity index (χ1) is 10.0. The van der Waals surface area contributed by atoms with Gasteiger partial charge >= 0.3 is 0 Å². The van der Waals surface area contributed by atoms with E-state index >= 15 is 0 Å². The number of likely N-dealkylation sites (N-methyl/N-ethyl adjacent to an activating group) is 2. The lowest BCUT2D eigenvalue weighted by molar-refractivity contribution is 0.112. The first-order valence-corrected chi connectivity index (χ1v) is 7.00. The van der Waals surface area contributed by atoms with Crippen LogP contribution < -0.4 is 4.90 Å². The Morgan fingerprint density at radius 2 is 1.81 bits per heavy atom. The number of benzene rings is 1. The summed E-state index contributed by atoms with van der Waals surface area (Å²) in [7, 11) is 6.06. The lowest BCUT2D eigenvalue weighted by Crippen LogP contribution is -2.30. The number of aryl methyl sites for hydroxylation is 1. The van der Waals surface area contributed by atoms with Gasteiger partial charge in [-0.3, -0.25) is 4.79 Å². The van der Waals surface area contributed by atoms with Crippen LogP contribution in [0.2, 0.25) is 0 Å². The van der Waals surface area contributed by atoms with Crippen LogP contribution in [0.3, 0.4) is 0 Å². The summed E-state index contributed by atoms with van der Waals surface area (Å²) in [6.45, 7) is 3.60. The Morgan fingerprint density at radius 1 is 1.14 bits per heavy atom. The maximum Gasteiger partial charge on any atom is 0.155 e. The predicted octanol–water partition coefficient (Wildman–Crippen LogP) is 1.99. The van der Waals surface area contributed by atoms with E-state index in [1.54, 1.807) is 0 Å². The van der Waals surface area contributed by atoms with Crippen LogP contribution in [0, 0.1) is 6.92 Å². The van der Waals surface area contributed by atoms with Crippen molar-refractivity contribution in [3.05, 3.63) is 41.6 Å². The van der Waals surface area contributed by atoms with Gasteiger partial charge < -0.3 is 9.80 Å². The first kappa shape index (κ1) is 15.3. The highest BCUT2D eigenvalue weighted by molar-refractivity contribution is 5.85. The van der Waals surface area contributed by atoms with Gasteiger partial charge in [-0.15, -0.1) is 0 Å². The minimum atomic E-state index is 0.653. The zero-order valence-electron chi connectivity index (χ0n) is 13.1. The first-order valence-electron chi connectivity index (χ1n) is 7.00. The minimum Gasteiger partial charge on any atom is -0.358 e. The van der Waals surface area contributed by atoms with Gasteiger partial charge in [0, 0.05) is 20.1 Å². The van der Waals surface area contributed by atoms with Crippen molar-refractivity contribution in [3.8, 4) is 5.69 Å². The molecule has 0 bridgehead atoms. The number of carbonyl (C=O) groups excluding carboxylic acids is 1. The summed E-state index contributed by atoms with van der Waals surface area (Å²) in [6.07, 6.45) is 0.892. The van der Waals surface area contributed by atoms with Crippen LogP contribution in [0.25, 0.3) is 5.69 Å². The molecule has 0 aliphatic heterocycles. The molecule has 0 unspecified atom stereocenters. The highest BCUT2D eigenvalue weighted by Gasteiger charge is 2.19. The van der Waals surface area contributed by atoms with E-state index in [-0.39, 0.29) is 0 Å². The van der Waals surface area contributed by atoms with Crippen molar-refractivity contribution in [2.24, 2.45) is 0 Å². The molecule has 1 heterocycles. The lowest BCUT2D eigenvalue weighted by Gasteiger charge is -2.23. The van der Waals surface area contributed by atoms with E-state index < -0.39 is 0 Å². The van der Waals surface area contributed by atoms with Gasteiger partial charge in [0.05, 0.1) is 16.9 Å². The number of anilines is 1. The molecule has 21 heavy (non-hydrogen) atoms. The van der Waals surface area contributed by atoms with Crippen molar-refractivity contribution < 1.29 is 4.79 Å². The standard InChI is InChI=1S/C16H22N4O/c1-13-15(12-21)16(19(4)11-10-18(2)3)20(17-13)14-8-6-5-7-9-14/h5-9,12H,10-11H2,1-4H3. The second-order valence-electron chi connectivity index (χ2n) is 5.41. The summed E-state index contributed by atoms with van der Waals surface area (Å²) < 4.78 is 1.84. The van der Waals surface area contributed by atoms with Crippen molar-refractivity contribution in [2.75, 3.05) is 39.1 Å². The molecule has 0 saturated heterocycles. The fraction of sp³-hybridized carbons (Fsp3) is 0.375. The molecule has 5 heteroatoms. The van der Waals surface area contributed by atoms with Crippen molar-refractivity contribution in [2.45, 2.75) is 6.92 Å². The van der Waals surface area contributed by atoms with Crippen LogP contribution >= 0.6 is 0 Å². The van der Waals surface area contributed by atoms with E-state index in [2.05, 4.69) is 14.9 Å². The fourth-order valence-corrected chi connectivity index (χ4v) is 2.24. The average molecular weight is 286 g/mol. The number of rotatable bonds is 6. The van der Waals surface area contributed by atoms with Crippen LogP contribution in [0.1, 0.15) is 16.1 Å². The Labute approximate surface area is 125 Å². The maximum absolute atomic E-state index is 11.4. The monoisotopic (exact) mass is 286 g/mol. The van der Waals surface area contributed by atoms with Gasteiger partial charge in [0.2, 0.25) is 0 Å². The summed E-state index contributed by atoms with van der Waals surface area (Å²) in [5.41, 5.74) is 2.36. The Balaban J connectivity index is 2.44. The molecule has 112 valence electrons. The summed E-state index contributed by atoms with van der Waals surface area (Å²) >= 11 is 0. The van der Waals surface area contributed by atoms with Gasteiger partial charge in [0.15, 0.2) is 6.29 Å². The Hall–Kier alpha value is -2.14. The zero-order valence-corrected chi connectivity index (χ0v) is 13.1. The number of para-hydroxylation sites is 1. The van der Waals surface area contributed by atoms with Crippen molar-refractivity contribution >= 4 is 12.1 Å². The highest BCUT2D eigenvalue weighted by Crippen LogP contribution is 2.25. The van der Waals surface area contributed by atoms with Crippen molar-refractivity contribution in [3.63, 3.8) is 0 Å². The zero-order chi connectivity index (χ0) is 15.4. The second-order valence-corrected chi connectivity index (χ2v) is 5.41. The van der Waals surface area contributed by atoms with Gasteiger partial charge in [-0.05, 0) is 33.2 Å². The molecular formula is C16H22N4O. The number of aromatic nitrogens is 2. The summed E-state index contributed by atoms with van der Waals surface area (Å²) in [5, 5.41) is 4.53. The van der Waals surface area contributed by atoms with Gasteiger partial charge in [0.25, 0.3) is 0 Å². The van der Waals surface area contributed by atoms with Crippen molar-refractivity contribution in [1.82, 2.24) is 14.7 Å². The fourth-order valence-electron chi connectivity index (χ4n) is 2.24. The number of nitrogens with zero attached hydrogens (tertiary/aromatic N) is 4. The van der Waals surface area contributed by atoms with Crippen LogP contribution in [-0.2, 0) is 0 Å². The lowest BCUT2D eigenvalue weighted by atomic mass is 10.2. The molecule has 2 aromatic rings. The average Bonchev–Trinajstić information content (AvgIpc) is 2.82.